The van der Waals surface area contributed by atoms with E-state index in [-0.39, 0.29) is 0 Å². The van der Waals surface area contributed by atoms with Gasteiger partial charge >= 0.3 is 0 Å². The van der Waals surface area contributed by atoms with Gasteiger partial charge < -0.3 is 5.43 Å². The Morgan fingerprint density at radius 3 is 2.77 bits per heavy atom. The molecule has 1 rings (SSSR count). The van der Waals surface area contributed by atoms with Crippen LogP contribution < -0.4 is 11.3 Å². The fourth-order valence-corrected chi connectivity index (χ4v) is 1.99. The summed E-state index contributed by atoms with van der Waals surface area (Å²) in [4.78, 5) is 4.14. The number of hydrogen-bond acceptors (Lipinski definition) is 4. The smallest absolute Gasteiger partial charge is 0.160 e. The lowest BCUT2D eigenvalue weighted by molar-refractivity contribution is 1.11. The normalized spacial score (nSPS) is 10.2. The van der Waals surface area contributed by atoms with Crippen molar-refractivity contribution >= 4 is 40.8 Å². The Morgan fingerprint density at radius 1 is 1.54 bits per heavy atom. The number of thioether (sulfide) groups is 1. The van der Waals surface area contributed by atoms with Gasteiger partial charge in [-0.3, -0.25) is 0 Å². The summed E-state index contributed by atoms with van der Waals surface area (Å²) in [5.41, 5.74) is 2.41. The van der Waals surface area contributed by atoms with Gasteiger partial charge in [0.15, 0.2) is 5.82 Å². The van der Waals surface area contributed by atoms with Crippen molar-refractivity contribution < 1.29 is 0 Å². The van der Waals surface area contributed by atoms with Crippen LogP contribution in [0.25, 0.3) is 0 Å². The third-order valence-electron chi connectivity index (χ3n) is 1.32. The molecule has 0 radical (unpaired) electrons. The first-order chi connectivity index (χ1) is 6.19. The maximum atomic E-state index is 5.90. The van der Waals surface area contributed by atoms with Crippen LogP contribution in [-0.4, -0.2) is 10.7 Å². The minimum Gasteiger partial charge on any atom is -0.307 e. The fourth-order valence-electron chi connectivity index (χ4n) is 0.789. The van der Waals surface area contributed by atoms with Crippen molar-refractivity contribution in [3.8, 4) is 0 Å². The van der Waals surface area contributed by atoms with E-state index in [1.165, 1.54) is 0 Å². The second kappa shape index (κ2) is 4.91. The van der Waals surface area contributed by atoms with Gasteiger partial charge in [0.2, 0.25) is 0 Å². The monoisotopic (exact) mass is 237 g/mol. The molecule has 1 aromatic heterocycles. The number of nitrogens with zero attached hydrogens (tertiary/aromatic N) is 1. The van der Waals surface area contributed by atoms with Crippen LogP contribution in [0.15, 0.2) is 11.1 Å². The lowest BCUT2D eigenvalue weighted by atomic mass is 10.4. The van der Waals surface area contributed by atoms with E-state index in [4.69, 9.17) is 29.0 Å². The molecule has 0 aliphatic rings. The molecule has 0 bridgehead atoms. The Morgan fingerprint density at radius 2 is 2.23 bits per heavy atom. The van der Waals surface area contributed by atoms with Gasteiger partial charge in [-0.1, -0.05) is 30.1 Å². The molecule has 0 saturated heterocycles. The van der Waals surface area contributed by atoms with Gasteiger partial charge in [-0.25, -0.2) is 10.8 Å². The molecule has 0 aromatic carbocycles. The number of nitrogens with two attached hydrogens (primary N) is 1. The van der Waals surface area contributed by atoms with Crippen molar-refractivity contribution in [2.45, 2.75) is 11.9 Å². The van der Waals surface area contributed by atoms with Crippen LogP contribution in [0.5, 0.6) is 0 Å². The maximum absolute atomic E-state index is 5.90. The molecule has 0 fully saturated rings. The second-order valence-electron chi connectivity index (χ2n) is 2.18. The number of halogens is 2. The van der Waals surface area contributed by atoms with Gasteiger partial charge in [0.05, 0.1) is 10.0 Å². The van der Waals surface area contributed by atoms with Crippen LogP contribution in [0.3, 0.4) is 0 Å². The van der Waals surface area contributed by atoms with E-state index in [9.17, 15) is 0 Å². The Bertz CT molecular complexity index is 306. The summed E-state index contributed by atoms with van der Waals surface area (Å²) in [5, 5.41) is 1.71. The van der Waals surface area contributed by atoms with Gasteiger partial charge in [0.25, 0.3) is 0 Å². The second-order valence-corrected chi connectivity index (χ2v) is 4.25. The zero-order valence-electron chi connectivity index (χ0n) is 6.97. The zero-order valence-corrected chi connectivity index (χ0v) is 9.30. The quantitative estimate of drug-likeness (QED) is 0.483. The third-order valence-corrected chi connectivity index (χ3v) is 2.88. The average Bonchev–Trinajstić information content (AvgIpc) is 2.10. The van der Waals surface area contributed by atoms with E-state index in [0.717, 1.165) is 10.8 Å². The SMILES string of the molecule is CCSc1nc(NN)c(Cl)cc1Cl. The Balaban J connectivity index is 3.06. The van der Waals surface area contributed by atoms with Crippen molar-refractivity contribution in [1.82, 2.24) is 4.98 Å². The van der Waals surface area contributed by atoms with Gasteiger partial charge in [-0.15, -0.1) is 11.8 Å². The van der Waals surface area contributed by atoms with E-state index in [1.54, 1.807) is 17.8 Å². The van der Waals surface area contributed by atoms with E-state index < -0.39 is 0 Å². The molecule has 0 spiro atoms. The van der Waals surface area contributed by atoms with E-state index >= 15 is 0 Å². The summed E-state index contributed by atoms with van der Waals surface area (Å²) in [6.45, 7) is 2.02. The molecule has 0 aliphatic heterocycles. The number of nitrogens with one attached hydrogen (secondary N) is 1. The summed E-state index contributed by atoms with van der Waals surface area (Å²) in [6, 6.07) is 1.63. The van der Waals surface area contributed by atoms with Gasteiger partial charge in [0.1, 0.15) is 5.03 Å². The molecule has 6 heteroatoms. The first-order valence-electron chi connectivity index (χ1n) is 3.64. The molecule has 3 N–H and O–H groups in total. The highest BCUT2D eigenvalue weighted by atomic mass is 35.5. The van der Waals surface area contributed by atoms with E-state index in [0.29, 0.717) is 15.9 Å². The van der Waals surface area contributed by atoms with Crippen LogP contribution in [0.1, 0.15) is 6.92 Å². The Labute approximate surface area is 91.0 Å². The number of rotatable bonds is 3. The molecule has 0 aliphatic carbocycles. The van der Waals surface area contributed by atoms with Crippen LogP contribution in [0.2, 0.25) is 10.0 Å². The lowest BCUT2D eigenvalue weighted by Crippen LogP contribution is -2.09. The molecule has 0 amide bonds. The Kier molecular flexibility index (Phi) is 4.12. The van der Waals surface area contributed by atoms with Crippen molar-refractivity contribution in [3.63, 3.8) is 0 Å². The van der Waals surface area contributed by atoms with Crippen molar-refractivity contribution in [3.05, 3.63) is 16.1 Å². The molecular formula is C7H9Cl2N3S. The summed E-state index contributed by atoms with van der Waals surface area (Å²) in [7, 11) is 0. The summed E-state index contributed by atoms with van der Waals surface area (Å²) in [6.07, 6.45) is 0. The van der Waals surface area contributed by atoms with E-state index in [1.807, 2.05) is 6.92 Å². The number of aromatic nitrogens is 1. The molecule has 0 atom stereocenters. The number of pyridine rings is 1. The predicted molar refractivity (Wildman–Crippen MR) is 58.5 cm³/mol. The highest BCUT2D eigenvalue weighted by Gasteiger charge is 2.07. The molecule has 1 aromatic rings. The third kappa shape index (κ3) is 2.64. The molecule has 3 nitrogen and oxygen atoms in total. The molecule has 13 heavy (non-hydrogen) atoms. The molecular weight excluding hydrogens is 229 g/mol. The van der Waals surface area contributed by atoms with Crippen molar-refractivity contribution in [2.75, 3.05) is 11.2 Å². The minimum atomic E-state index is 0.424. The Hall–Kier alpha value is -0.160. The number of anilines is 1. The first-order valence-corrected chi connectivity index (χ1v) is 5.38. The van der Waals surface area contributed by atoms with Crippen LogP contribution in [0.4, 0.5) is 5.82 Å². The van der Waals surface area contributed by atoms with Gasteiger partial charge in [0, 0.05) is 0 Å². The lowest BCUT2D eigenvalue weighted by Gasteiger charge is -2.06. The highest BCUT2D eigenvalue weighted by Crippen LogP contribution is 2.31. The van der Waals surface area contributed by atoms with E-state index in [2.05, 4.69) is 10.4 Å². The first kappa shape index (κ1) is 10.9. The zero-order chi connectivity index (χ0) is 9.84. The number of hydrogen-bond donors (Lipinski definition) is 2. The number of hydrazine groups is 1. The molecule has 0 saturated carbocycles. The van der Waals surface area contributed by atoms with Crippen LogP contribution in [0, 0.1) is 0 Å². The summed E-state index contributed by atoms with van der Waals surface area (Å²) in [5.74, 6) is 6.56. The standard InChI is InChI=1S/C7H9Cl2N3S/c1-2-13-7-5(9)3-4(8)6(11-7)12-10/h3H,2,10H2,1H3,(H,11,12). The molecule has 0 unspecified atom stereocenters. The predicted octanol–water partition coefficient (Wildman–Crippen LogP) is 2.79. The van der Waals surface area contributed by atoms with Gasteiger partial charge in [-0.05, 0) is 11.8 Å². The fraction of sp³-hybridized carbons (Fsp3) is 0.286. The van der Waals surface area contributed by atoms with Gasteiger partial charge in [-0.2, -0.15) is 0 Å². The van der Waals surface area contributed by atoms with Crippen molar-refractivity contribution in [2.24, 2.45) is 5.84 Å². The maximum Gasteiger partial charge on any atom is 0.160 e. The van der Waals surface area contributed by atoms with Crippen molar-refractivity contribution in [1.29, 1.82) is 0 Å². The summed E-state index contributed by atoms with van der Waals surface area (Å²) >= 11 is 13.2. The number of nitrogen functional groups attached to an aromatic ring is 1. The summed E-state index contributed by atoms with van der Waals surface area (Å²) < 4.78 is 0. The van der Waals surface area contributed by atoms with Crippen LogP contribution in [-0.2, 0) is 0 Å². The minimum absolute atomic E-state index is 0.424. The van der Waals surface area contributed by atoms with Crippen LogP contribution >= 0.6 is 35.0 Å². The topological polar surface area (TPSA) is 50.9 Å². The molecule has 1 heterocycles. The largest absolute Gasteiger partial charge is 0.307 e. The highest BCUT2D eigenvalue weighted by molar-refractivity contribution is 7.99. The molecule has 72 valence electrons. The average molecular weight is 238 g/mol.